The fourth-order valence-corrected chi connectivity index (χ4v) is 5.48. The summed E-state index contributed by atoms with van der Waals surface area (Å²) in [4.78, 5) is 13.4. The zero-order chi connectivity index (χ0) is 23.4. The maximum Gasteiger partial charge on any atom is 0.223 e. The predicted octanol–water partition coefficient (Wildman–Crippen LogP) is 4.17. The molecule has 7 nitrogen and oxygen atoms in total. The van der Waals surface area contributed by atoms with E-state index in [4.69, 9.17) is 16.3 Å². The first-order valence-corrected chi connectivity index (χ1v) is 11.8. The van der Waals surface area contributed by atoms with Crippen LogP contribution in [0, 0.1) is 5.82 Å². The molecule has 0 amide bonds. The van der Waals surface area contributed by atoms with Gasteiger partial charge in [-0.05, 0) is 37.0 Å². The van der Waals surface area contributed by atoms with Crippen LogP contribution in [-0.2, 0) is 10.2 Å². The highest BCUT2D eigenvalue weighted by molar-refractivity contribution is 6.33. The van der Waals surface area contributed by atoms with E-state index in [1.807, 2.05) is 19.9 Å². The molecule has 0 spiro atoms. The minimum atomic E-state index is -0.997. The summed E-state index contributed by atoms with van der Waals surface area (Å²) in [6.45, 7) is 4.73. The third kappa shape index (κ3) is 3.93. The summed E-state index contributed by atoms with van der Waals surface area (Å²) in [5.74, 6) is -0.172. The van der Waals surface area contributed by atoms with Crippen molar-refractivity contribution < 1.29 is 19.3 Å². The third-order valence-electron chi connectivity index (χ3n) is 7.08. The molecule has 2 fully saturated rings. The molecule has 2 aromatic rings. The van der Waals surface area contributed by atoms with Crippen molar-refractivity contribution >= 4 is 28.9 Å². The van der Waals surface area contributed by atoms with Gasteiger partial charge in [-0.3, -0.25) is 4.99 Å². The van der Waals surface area contributed by atoms with Crippen LogP contribution in [-0.4, -0.2) is 56.9 Å². The lowest BCUT2D eigenvalue weighted by Crippen LogP contribution is -2.44. The van der Waals surface area contributed by atoms with Crippen molar-refractivity contribution in [3.63, 3.8) is 0 Å². The van der Waals surface area contributed by atoms with E-state index in [-0.39, 0.29) is 18.3 Å². The topological polar surface area (TPSA) is 99.9 Å². The molecule has 33 heavy (non-hydrogen) atoms. The van der Waals surface area contributed by atoms with Crippen molar-refractivity contribution in [3.8, 4) is 11.3 Å². The number of hydrogen-bond donors (Lipinski definition) is 3. The molecule has 3 heterocycles. The van der Waals surface area contributed by atoms with Crippen molar-refractivity contribution in [3.05, 3.63) is 34.7 Å². The Morgan fingerprint density at radius 2 is 2.00 bits per heavy atom. The Balaban J connectivity index is 1.50. The van der Waals surface area contributed by atoms with E-state index in [1.165, 1.54) is 12.3 Å². The summed E-state index contributed by atoms with van der Waals surface area (Å²) < 4.78 is 20.6. The molecule has 3 aliphatic rings. The number of halogens is 2. The molecule has 5 rings (SSSR count). The van der Waals surface area contributed by atoms with Crippen molar-refractivity contribution in [2.45, 2.75) is 69.1 Å². The average molecular weight is 475 g/mol. The molecule has 1 aromatic heterocycles. The lowest BCUT2D eigenvalue weighted by molar-refractivity contribution is -0.0136. The average Bonchev–Trinajstić information content (AvgIpc) is 3.33. The van der Waals surface area contributed by atoms with Crippen LogP contribution in [0.1, 0.15) is 51.5 Å². The van der Waals surface area contributed by atoms with Crippen molar-refractivity contribution in [1.29, 1.82) is 0 Å². The number of aliphatic imine (C=N–C) groups is 1. The number of hydrogen-bond acceptors (Lipinski definition) is 7. The number of nitrogens with one attached hydrogen (secondary N) is 1. The Labute approximate surface area is 197 Å². The largest absolute Gasteiger partial charge is 0.389 e. The van der Waals surface area contributed by atoms with E-state index in [0.717, 1.165) is 12.8 Å². The molecule has 2 unspecified atom stereocenters. The standard InChI is InChI=1S/C24H28ClFN4O3/c1-23(2)14-9-13(10-16(26)20(14)29-21(23)24(32)6-3-4-7-24)19-15(25)11-27-22(30-19)28-17-5-8-33-12-18(17)31/h9-11,17-18,31-32H,3-8,12H2,1-2H3,(H,27,28,30). The van der Waals surface area contributed by atoms with Crippen LogP contribution in [0.4, 0.5) is 16.0 Å². The van der Waals surface area contributed by atoms with E-state index in [0.29, 0.717) is 59.4 Å². The summed E-state index contributed by atoms with van der Waals surface area (Å²) >= 11 is 6.42. The fourth-order valence-electron chi connectivity index (χ4n) is 5.28. The number of anilines is 1. The molecule has 2 atom stereocenters. The molecule has 176 valence electrons. The lowest BCUT2D eigenvalue weighted by Gasteiger charge is -2.32. The van der Waals surface area contributed by atoms with Gasteiger partial charge in [-0.2, -0.15) is 0 Å². The highest BCUT2D eigenvalue weighted by atomic mass is 35.5. The maximum absolute atomic E-state index is 15.3. The minimum absolute atomic E-state index is 0.244. The van der Waals surface area contributed by atoms with Gasteiger partial charge in [-0.1, -0.05) is 38.3 Å². The van der Waals surface area contributed by atoms with E-state index >= 15 is 4.39 Å². The number of aromatic nitrogens is 2. The molecule has 1 saturated carbocycles. The van der Waals surface area contributed by atoms with Gasteiger partial charge < -0.3 is 20.3 Å². The first kappa shape index (κ1) is 22.7. The zero-order valence-corrected chi connectivity index (χ0v) is 19.5. The smallest absolute Gasteiger partial charge is 0.223 e. The van der Waals surface area contributed by atoms with E-state index in [9.17, 15) is 10.2 Å². The number of aliphatic hydroxyl groups is 2. The van der Waals surface area contributed by atoms with E-state index in [1.54, 1.807) is 0 Å². The van der Waals surface area contributed by atoms with Crippen LogP contribution in [0.5, 0.6) is 0 Å². The zero-order valence-electron chi connectivity index (χ0n) is 18.7. The van der Waals surface area contributed by atoms with Gasteiger partial charge in [0.25, 0.3) is 0 Å². The molecule has 1 saturated heterocycles. The number of nitrogens with zero attached hydrogens (tertiary/aromatic N) is 3. The molecule has 1 aliphatic carbocycles. The number of ether oxygens (including phenoxy) is 1. The SMILES string of the molecule is CC1(C)C(C2(O)CCCC2)=Nc2c(F)cc(-c3nc(NC4CCOCC4O)ncc3Cl)cc21. The van der Waals surface area contributed by atoms with Gasteiger partial charge in [0.15, 0.2) is 0 Å². The molecule has 0 radical (unpaired) electrons. The summed E-state index contributed by atoms with van der Waals surface area (Å²) in [5.41, 5.74) is 0.882. The second-order valence-electron chi connectivity index (χ2n) is 9.75. The normalized spacial score (nSPS) is 25.6. The minimum Gasteiger partial charge on any atom is -0.389 e. The summed E-state index contributed by atoms with van der Waals surface area (Å²) in [6.07, 6.45) is 4.57. The quantitative estimate of drug-likeness (QED) is 0.615. The van der Waals surface area contributed by atoms with Gasteiger partial charge in [0.2, 0.25) is 5.95 Å². The predicted molar refractivity (Wildman–Crippen MR) is 125 cm³/mol. The van der Waals surface area contributed by atoms with Crippen molar-refractivity contribution in [2.75, 3.05) is 18.5 Å². The lowest BCUT2D eigenvalue weighted by atomic mass is 9.73. The Kier molecular flexibility index (Phi) is 5.68. The molecule has 3 N–H and O–H groups in total. The Hall–Kier alpha value is -2.13. The van der Waals surface area contributed by atoms with Crippen LogP contribution >= 0.6 is 11.6 Å². The molecule has 0 bridgehead atoms. The monoisotopic (exact) mass is 474 g/mol. The van der Waals surface area contributed by atoms with Gasteiger partial charge >= 0.3 is 0 Å². The molecule has 1 aromatic carbocycles. The summed E-state index contributed by atoms with van der Waals surface area (Å²) in [5, 5.41) is 24.8. The number of aliphatic hydroxyl groups excluding tert-OH is 1. The Morgan fingerprint density at radius 1 is 1.24 bits per heavy atom. The molecular weight excluding hydrogens is 447 g/mol. The molecule has 9 heteroatoms. The van der Waals surface area contributed by atoms with Gasteiger partial charge in [0.05, 0.1) is 41.4 Å². The summed E-state index contributed by atoms with van der Waals surface area (Å²) in [7, 11) is 0. The van der Waals surface area contributed by atoms with E-state index < -0.39 is 22.9 Å². The van der Waals surface area contributed by atoms with E-state index in [2.05, 4.69) is 20.3 Å². The van der Waals surface area contributed by atoms with Crippen LogP contribution in [0.15, 0.2) is 23.3 Å². The second kappa shape index (κ2) is 8.27. The molecule has 2 aliphatic heterocycles. The first-order valence-electron chi connectivity index (χ1n) is 11.4. The number of benzene rings is 1. The second-order valence-corrected chi connectivity index (χ2v) is 10.2. The highest BCUT2D eigenvalue weighted by Gasteiger charge is 2.48. The van der Waals surface area contributed by atoms with Crippen molar-refractivity contribution in [2.24, 2.45) is 4.99 Å². The van der Waals surface area contributed by atoms with Gasteiger partial charge in [-0.15, -0.1) is 0 Å². The van der Waals surface area contributed by atoms with Crippen LogP contribution < -0.4 is 5.32 Å². The van der Waals surface area contributed by atoms with Crippen LogP contribution in [0.3, 0.4) is 0 Å². The highest BCUT2D eigenvalue weighted by Crippen LogP contribution is 2.49. The van der Waals surface area contributed by atoms with Crippen LogP contribution in [0.25, 0.3) is 11.3 Å². The van der Waals surface area contributed by atoms with Gasteiger partial charge in [0, 0.05) is 17.6 Å². The maximum atomic E-state index is 15.3. The third-order valence-corrected chi connectivity index (χ3v) is 7.36. The number of fused-ring (bicyclic) bond motifs is 1. The van der Waals surface area contributed by atoms with Gasteiger partial charge in [0.1, 0.15) is 17.1 Å². The fraction of sp³-hybridized carbons (Fsp3) is 0.542. The van der Waals surface area contributed by atoms with Crippen LogP contribution in [0.2, 0.25) is 5.02 Å². The Bertz CT molecular complexity index is 1120. The Morgan fingerprint density at radius 3 is 2.73 bits per heavy atom. The first-order chi connectivity index (χ1) is 15.7. The molecular formula is C24H28ClFN4O3. The summed E-state index contributed by atoms with van der Waals surface area (Å²) in [6, 6.07) is 2.99. The van der Waals surface area contributed by atoms with Crippen molar-refractivity contribution in [1.82, 2.24) is 9.97 Å². The van der Waals surface area contributed by atoms with Gasteiger partial charge in [-0.25, -0.2) is 14.4 Å². The number of rotatable bonds is 4.